The maximum absolute atomic E-state index is 12.4. The van der Waals surface area contributed by atoms with Gasteiger partial charge in [-0.1, -0.05) is 19.1 Å². The van der Waals surface area contributed by atoms with Crippen LogP contribution in [0.25, 0.3) is 0 Å². The van der Waals surface area contributed by atoms with Crippen LogP contribution in [0.15, 0.2) is 40.2 Å². The van der Waals surface area contributed by atoms with Crippen molar-refractivity contribution in [3.63, 3.8) is 0 Å². The SMILES string of the molecule is C=C(N=C(C)N(CCC(=O)NCC1(CO)CC1)COC)/C(CC)=C(/C=C(C)C)NC(=O)C1CC1. The number of carbonyl (C=O) groups excluding carboxylic acids is 2. The van der Waals surface area contributed by atoms with Gasteiger partial charge in [0.2, 0.25) is 11.8 Å². The number of methoxy groups -OCH3 is 1. The number of amides is 2. The van der Waals surface area contributed by atoms with E-state index in [0.29, 0.717) is 44.2 Å². The summed E-state index contributed by atoms with van der Waals surface area (Å²) in [5.74, 6) is 0.778. The van der Waals surface area contributed by atoms with Crippen molar-refractivity contribution in [3.8, 4) is 0 Å². The summed E-state index contributed by atoms with van der Waals surface area (Å²) >= 11 is 0. The molecule has 2 aliphatic carbocycles. The number of carbonyl (C=O) groups is 2. The van der Waals surface area contributed by atoms with Gasteiger partial charge in [-0.05, 0) is 59.0 Å². The molecule has 2 saturated carbocycles. The van der Waals surface area contributed by atoms with Gasteiger partial charge >= 0.3 is 0 Å². The lowest BCUT2D eigenvalue weighted by atomic mass is 10.1. The number of aliphatic imine (C=N–C) groups is 1. The molecule has 8 heteroatoms. The highest BCUT2D eigenvalue weighted by molar-refractivity contribution is 5.84. The number of aliphatic hydroxyl groups is 1. The van der Waals surface area contributed by atoms with Gasteiger partial charge in [0.05, 0.1) is 12.3 Å². The summed E-state index contributed by atoms with van der Waals surface area (Å²) in [6, 6.07) is 0. The molecule has 2 fully saturated rings. The fraction of sp³-hybridized carbons (Fsp3) is 0.654. The van der Waals surface area contributed by atoms with Crippen LogP contribution < -0.4 is 10.6 Å². The van der Waals surface area contributed by atoms with Gasteiger partial charge in [0.1, 0.15) is 12.6 Å². The average molecular weight is 475 g/mol. The molecule has 2 aliphatic rings. The zero-order valence-corrected chi connectivity index (χ0v) is 21.5. The van der Waals surface area contributed by atoms with Crippen LogP contribution in [-0.2, 0) is 14.3 Å². The highest BCUT2D eigenvalue weighted by atomic mass is 16.5. The monoisotopic (exact) mass is 474 g/mol. The fourth-order valence-electron chi connectivity index (χ4n) is 3.61. The highest BCUT2D eigenvalue weighted by Gasteiger charge is 2.42. The first-order valence-electron chi connectivity index (χ1n) is 12.2. The largest absolute Gasteiger partial charge is 0.396 e. The first-order chi connectivity index (χ1) is 16.1. The minimum atomic E-state index is -0.113. The second kappa shape index (κ2) is 12.9. The van der Waals surface area contributed by atoms with Gasteiger partial charge in [-0.25, -0.2) is 4.99 Å². The van der Waals surface area contributed by atoms with E-state index < -0.39 is 0 Å². The summed E-state index contributed by atoms with van der Waals surface area (Å²) in [5.41, 5.74) is 3.16. The van der Waals surface area contributed by atoms with Crippen LogP contribution in [0.3, 0.4) is 0 Å². The molecule has 0 aromatic rings. The molecule has 0 unspecified atom stereocenters. The van der Waals surface area contributed by atoms with Crippen molar-refractivity contribution in [2.24, 2.45) is 16.3 Å². The molecular formula is C26H42N4O4. The number of allylic oxidation sites excluding steroid dienone is 3. The van der Waals surface area contributed by atoms with Crippen molar-refractivity contribution in [2.75, 3.05) is 33.5 Å². The van der Waals surface area contributed by atoms with E-state index in [-0.39, 0.29) is 29.8 Å². The van der Waals surface area contributed by atoms with Crippen molar-refractivity contribution >= 4 is 17.6 Å². The molecule has 0 atom stereocenters. The Morgan fingerprint density at radius 2 is 1.94 bits per heavy atom. The van der Waals surface area contributed by atoms with Crippen LogP contribution in [0, 0.1) is 11.3 Å². The molecular weight excluding hydrogens is 432 g/mol. The molecule has 0 aliphatic heterocycles. The predicted octanol–water partition coefficient (Wildman–Crippen LogP) is 3.26. The second-order valence-electron chi connectivity index (χ2n) is 9.70. The molecule has 34 heavy (non-hydrogen) atoms. The molecule has 190 valence electrons. The van der Waals surface area contributed by atoms with Gasteiger partial charge in [0, 0.05) is 49.2 Å². The van der Waals surface area contributed by atoms with E-state index in [4.69, 9.17) is 9.73 Å². The van der Waals surface area contributed by atoms with Gasteiger partial charge in [-0.2, -0.15) is 0 Å². The smallest absolute Gasteiger partial charge is 0.227 e. The van der Waals surface area contributed by atoms with Crippen LogP contribution in [0.2, 0.25) is 0 Å². The molecule has 8 nitrogen and oxygen atoms in total. The van der Waals surface area contributed by atoms with Gasteiger partial charge in [0.15, 0.2) is 0 Å². The zero-order chi connectivity index (χ0) is 25.3. The number of ether oxygens (including phenoxy) is 1. The van der Waals surface area contributed by atoms with E-state index in [1.807, 2.05) is 38.7 Å². The number of rotatable bonds is 14. The van der Waals surface area contributed by atoms with E-state index in [1.165, 1.54) is 0 Å². The Morgan fingerprint density at radius 1 is 1.26 bits per heavy atom. The lowest BCUT2D eigenvalue weighted by Crippen LogP contribution is -2.37. The third kappa shape index (κ3) is 8.72. The second-order valence-corrected chi connectivity index (χ2v) is 9.70. The summed E-state index contributed by atoms with van der Waals surface area (Å²) in [7, 11) is 1.60. The van der Waals surface area contributed by atoms with Crippen molar-refractivity contribution in [2.45, 2.75) is 66.2 Å². The first-order valence-corrected chi connectivity index (χ1v) is 12.2. The Balaban J connectivity index is 2.08. The molecule has 3 N–H and O–H groups in total. The van der Waals surface area contributed by atoms with E-state index in [1.54, 1.807) is 7.11 Å². The summed E-state index contributed by atoms with van der Waals surface area (Å²) in [6.07, 6.45) is 6.71. The van der Waals surface area contributed by atoms with Crippen molar-refractivity contribution in [3.05, 3.63) is 35.2 Å². The number of nitrogens with one attached hydrogen (secondary N) is 2. The molecule has 2 rings (SSSR count). The zero-order valence-electron chi connectivity index (χ0n) is 21.5. The standard InChI is InChI=1S/C26H42N4O4/c1-7-22(23(14-18(2)3)29-25(33)21-8-9-21)19(4)28-20(5)30(17-34-6)13-10-24(32)27-15-26(16-31)11-12-26/h14,21,31H,4,7-13,15-17H2,1-3,5-6H3,(H,27,32)(H,29,33)/b23-22-,28-20?. The van der Waals surface area contributed by atoms with Gasteiger partial charge < -0.3 is 25.4 Å². The molecule has 0 radical (unpaired) electrons. The fourth-order valence-corrected chi connectivity index (χ4v) is 3.61. The average Bonchev–Trinajstić information content (AvgIpc) is 3.69. The van der Waals surface area contributed by atoms with E-state index in [0.717, 1.165) is 42.5 Å². The van der Waals surface area contributed by atoms with E-state index >= 15 is 0 Å². The molecule has 0 heterocycles. The maximum atomic E-state index is 12.4. The summed E-state index contributed by atoms with van der Waals surface area (Å²) in [4.78, 5) is 31.4. The lowest BCUT2D eigenvalue weighted by molar-refractivity contribution is -0.122. The maximum Gasteiger partial charge on any atom is 0.227 e. The van der Waals surface area contributed by atoms with Gasteiger partial charge in [0.25, 0.3) is 0 Å². The summed E-state index contributed by atoms with van der Waals surface area (Å²) in [6.45, 7) is 13.4. The Hall–Kier alpha value is -2.45. The highest BCUT2D eigenvalue weighted by Crippen LogP contribution is 2.44. The molecule has 0 spiro atoms. The van der Waals surface area contributed by atoms with Crippen LogP contribution in [0.1, 0.15) is 66.2 Å². The molecule has 2 amide bonds. The minimum Gasteiger partial charge on any atom is -0.396 e. The molecule has 0 saturated heterocycles. The minimum absolute atomic E-state index is 0.0492. The van der Waals surface area contributed by atoms with Crippen LogP contribution in [0.4, 0.5) is 0 Å². The Kier molecular flexibility index (Phi) is 10.5. The van der Waals surface area contributed by atoms with Crippen LogP contribution in [-0.4, -0.2) is 61.2 Å². The number of amidine groups is 1. The Bertz CT molecular complexity index is 847. The first kappa shape index (κ1) is 27.8. The number of hydrogen-bond donors (Lipinski definition) is 3. The van der Waals surface area contributed by atoms with Gasteiger partial charge in [-0.15, -0.1) is 0 Å². The topological polar surface area (TPSA) is 103 Å². The summed E-state index contributed by atoms with van der Waals surface area (Å²) < 4.78 is 5.33. The third-order valence-corrected chi connectivity index (χ3v) is 6.27. The molecule has 0 aromatic carbocycles. The molecule has 0 bridgehead atoms. The molecule has 0 aromatic heterocycles. The van der Waals surface area contributed by atoms with E-state index in [9.17, 15) is 14.7 Å². The predicted molar refractivity (Wildman–Crippen MR) is 135 cm³/mol. The van der Waals surface area contributed by atoms with Crippen LogP contribution in [0.5, 0.6) is 0 Å². The van der Waals surface area contributed by atoms with Crippen molar-refractivity contribution in [1.82, 2.24) is 15.5 Å². The van der Waals surface area contributed by atoms with Crippen LogP contribution >= 0.6 is 0 Å². The number of aliphatic hydroxyl groups excluding tert-OH is 1. The van der Waals surface area contributed by atoms with Gasteiger partial charge in [-0.3, -0.25) is 9.59 Å². The lowest BCUT2D eigenvalue weighted by Gasteiger charge is -2.24. The Morgan fingerprint density at radius 3 is 2.44 bits per heavy atom. The normalized spacial score (nSPS) is 17.4. The third-order valence-electron chi connectivity index (χ3n) is 6.27. The summed E-state index contributed by atoms with van der Waals surface area (Å²) in [5, 5.41) is 15.4. The van der Waals surface area contributed by atoms with Crippen molar-refractivity contribution in [1.29, 1.82) is 0 Å². The Labute approximate surface area is 204 Å². The number of hydrogen-bond acceptors (Lipinski definition) is 5. The van der Waals surface area contributed by atoms with E-state index in [2.05, 4.69) is 17.2 Å². The van der Waals surface area contributed by atoms with Crippen molar-refractivity contribution < 1.29 is 19.4 Å². The quantitative estimate of drug-likeness (QED) is 0.155. The number of nitrogens with zero attached hydrogens (tertiary/aromatic N) is 2.